The maximum Gasteiger partial charge on any atom is 0.303 e. The van der Waals surface area contributed by atoms with Crippen LogP contribution in [0.5, 0.6) is 0 Å². The molecule has 3 atom stereocenters. The van der Waals surface area contributed by atoms with Crippen molar-refractivity contribution in [1.82, 2.24) is 9.97 Å². The zero-order valence-electron chi connectivity index (χ0n) is 16.1. The van der Waals surface area contributed by atoms with Crippen molar-refractivity contribution in [2.45, 2.75) is 52.9 Å². The van der Waals surface area contributed by atoms with Gasteiger partial charge in [-0.05, 0) is 0 Å². The van der Waals surface area contributed by atoms with E-state index in [0.29, 0.717) is 0 Å². The van der Waals surface area contributed by atoms with Gasteiger partial charge in [-0.1, -0.05) is 0 Å². The van der Waals surface area contributed by atoms with Gasteiger partial charge < -0.3 is 23.9 Å². The summed E-state index contributed by atoms with van der Waals surface area (Å²) in [4.78, 5) is 63.9. The Labute approximate surface area is 160 Å². The molecule has 0 radical (unpaired) electrons. The Morgan fingerprint density at radius 2 is 1.46 bits per heavy atom. The molecule has 0 saturated carbocycles. The summed E-state index contributed by atoms with van der Waals surface area (Å²) >= 11 is 0. The number of aromatic amines is 1. The molecule has 0 saturated heterocycles. The molecule has 0 aliphatic rings. The minimum atomic E-state index is -1.38. The number of aromatic nitrogens is 2. The van der Waals surface area contributed by atoms with E-state index in [-0.39, 0.29) is 17.3 Å². The summed E-state index contributed by atoms with van der Waals surface area (Å²) in [5.41, 5.74) is 0.117. The summed E-state index contributed by atoms with van der Waals surface area (Å²) in [7, 11) is 0. The van der Waals surface area contributed by atoms with E-state index in [1.165, 1.54) is 13.1 Å². The van der Waals surface area contributed by atoms with Gasteiger partial charge in [0.15, 0.2) is 29.9 Å². The van der Waals surface area contributed by atoms with Gasteiger partial charge in [0, 0.05) is 34.6 Å². The quantitative estimate of drug-likeness (QED) is 0.356. The van der Waals surface area contributed by atoms with E-state index < -0.39 is 48.8 Å². The molecule has 0 bridgehead atoms. The van der Waals surface area contributed by atoms with Crippen LogP contribution < -0.4 is 0 Å². The van der Waals surface area contributed by atoms with Crippen molar-refractivity contribution in [2.75, 3.05) is 6.61 Å². The smallest absolute Gasteiger partial charge is 0.303 e. The third kappa shape index (κ3) is 7.17. The maximum atomic E-state index is 11.6. The molecule has 0 fully saturated rings. The van der Waals surface area contributed by atoms with E-state index in [1.54, 1.807) is 0 Å². The fourth-order valence-electron chi connectivity index (χ4n) is 2.28. The first-order valence-electron chi connectivity index (χ1n) is 8.22. The Kier molecular flexibility index (Phi) is 8.29. The van der Waals surface area contributed by atoms with Crippen LogP contribution >= 0.6 is 0 Å². The van der Waals surface area contributed by atoms with Gasteiger partial charge in [0.1, 0.15) is 6.61 Å². The number of hydrogen-bond donors (Lipinski definition) is 1. The maximum absolute atomic E-state index is 11.6. The summed E-state index contributed by atoms with van der Waals surface area (Å²) < 4.78 is 20.4. The number of H-pyrrole nitrogens is 1. The van der Waals surface area contributed by atoms with Crippen LogP contribution in [-0.2, 0) is 38.1 Å². The predicted molar refractivity (Wildman–Crippen MR) is 90.8 cm³/mol. The van der Waals surface area contributed by atoms with Crippen LogP contribution in [0.3, 0.4) is 0 Å². The second-order valence-corrected chi connectivity index (χ2v) is 5.80. The largest absolute Gasteiger partial charge is 0.462 e. The number of Topliss-reactive ketones (excluding diaryl/α,β-unsaturated/α-hetero) is 1. The predicted octanol–water partition coefficient (Wildman–Crippen LogP) is 0.643. The van der Waals surface area contributed by atoms with Gasteiger partial charge in [0.25, 0.3) is 0 Å². The van der Waals surface area contributed by atoms with Crippen molar-refractivity contribution < 1.29 is 42.9 Å². The molecule has 0 aromatic carbocycles. The number of imidazole rings is 1. The van der Waals surface area contributed by atoms with E-state index >= 15 is 0 Å². The standard InChI is InChI=1S/C17H22N2O9/c1-8(20)17-18-6-13(19-17)15(27-11(4)23)16(28-12(5)24)14(26-10(3)22)7-25-9(2)21/h6,14-16H,7H2,1-5H3,(H,18,19)/t14-,15-,16+/m1/s1. The van der Waals surface area contributed by atoms with Gasteiger partial charge >= 0.3 is 23.9 Å². The first-order chi connectivity index (χ1) is 13.0. The van der Waals surface area contributed by atoms with Crippen LogP contribution in [0.4, 0.5) is 0 Å². The average molecular weight is 398 g/mol. The van der Waals surface area contributed by atoms with E-state index in [9.17, 15) is 24.0 Å². The summed E-state index contributed by atoms with van der Waals surface area (Å²) in [5, 5.41) is 0. The first kappa shape index (κ1) is 22.8. The van der Waals surface area contributed by atoms with Crippen LogP contribution in [0.25, 0.3) is 0 Å². The molecule has 0 unspecified atom stereocenters. The SMILES string of the molecule is CC(=O)OC[C@@H](OC(C)=O)[C@H](OC(C)=O)[C@H](OC(C)=O)c1cnc(C(C)=O)[nH]1. The number of esters is 4. The highest BCUT2D eigenvalue weighted by molar-refractivity contribution is 5.90. The third-order valence-corrected chi connectivity index (χ3v) is 3.26. The molecule has 1 N–H and O–H groups in total. The van der Waals surface area contributed by atoms with Crippen molar-refractivity contribution in [3.8, 4) is 0 Å². The van der Waals surface area contributed by atoms with Crippen molar-refractivity contribution in [1.29, 1.82) is 0 Å². The normalized spacial score (nSPS) is 13.6. The van der Waals surface area contributed by atoms with Crippen LogP contribution in [0.1, 0.15) is 57.0 Å². The fourth-order valence-corrected chi connectivity index (χ4v) is 2.28. The summed E-state index contributed by atoms with van der Waals surface area (Å²) in [6.45, 7) is 5.28. The molecular weight excluding hydrogens is 376 g/mol. The van der Waals surface area contributed by atoms with Crippen molar-refractivity contribution in [2.24, 2.45) is 0 Å². The first-order valence-corrected chi connectivity index (χ1v) is 8.22. The summed E-state index contributed by atoms with van der Waals surface area (Å²) in [6.07, 6.45) is -2.78. The Morgan fingerprint density at radius 3 is 1.89 bits per heavy atom. The van der Waals surface area contributed by atoms with Crippen LogP contribution in [0.2, 0.25) is 0 Å². The number of hydrogen-bond acceptors (Lipinski definition) is 10. The number of carbonyl (C=O) groups is 5. The highest BCUT2D eigenvalue weighted by atomic mass is 16.6. The number of carbonyl (C=O) groups excluding carboxylic acids is 5. The molecule has 28 heavy (non-hydrogen) atoms. The highest BCUT2D eigenvalue weighted by Gasteiger charge is 2.40. The van der Waals surface area contributed by atoms with Gasteiger partial charge in [-0.15, -0.1) is 0 Å². The molecule has 11 nitrogen and oxygen atoms in total. The molecule has 0 aliphatic heterocycles. The van der Waals surface area contributed by atoms with E-state index in [1.807, 2.05) is 0 Å². The number of rotatable bonds is 9. The van der Waals surface area contributed by atoms with E-state index in [4.69, 9.17) is 18.9 Å². The molecule has 1 rings (SSSR count). The molecule has 0 spiro atoms. The van der Waals surface area contributed by atoms with Gasteiger partial charge in [-0.25, -0.2) is 4.98 Å². The number of nitrogens with one attached hydrogen (secondary N) is 1. The second-order valence-electron chi connectivity index (χ2n) is 5.80. The molecule has 0 amide bonds. The zero-order chi connectivity index (χ0) is 21.4. The molecule has 1 aromatic rings. The topological polar surface area (TPSA) is 151 Å². The van der Waals surface area contributed by atoms with Gasteiger partial charge in [0.05, 0.1) is 11.9 Å². The molecule has 11 heteroatoms. The lowest BCUT2D eigenvalue weighted by Gasteiger charge is -2.31. The molecular formula is C17H22N2O9. The molecule has 154 valence electrons. The van der Waals surface area contributed by atoms with Crippen molar-refractivity contribution >= 4 is 29.7 Å². The second kappa shape index (κ2) is 10.2. The van der Waals surface area contributed by atoms with Gasteiger partial charge in [-0.3, -0.25) is 24.0 Å². The van der Waals surface area contributed by atoms with Crippen LogP contribution in [0.15, 0.2) is 6.20 Å². The molecule has 1 aromatic heterocycles. The fraction of sp³-hybridized carbons (Fsp3) is 0.529. The third-order valence-electron chi connectivity index (χ3n) is 3.26. The van der Waals surface area contributed by atoms with Crippen LogP contribution in [0, 0.1) is 0 Å². The number of ether oxygens (including phenoxy) is 4. The van der Waals surface area contributed by atoms with E-state index in [0.717, 1.165) is 27.7 Å². The lowest BCUT2D eigenvalue weighted by atomic mass is 10.1. The highest BCUT2D eigenvalue weighted by Crippen LogP contribution is 2.27. The van der Waals surface area contributed by atoms with Crippen molar-refractivity contribution in [3.05, 3.63) is 17.7 Å². The Bertz CT molecular complexity index is 756. The lowest BCUT2D eigenvalue weighted by Crippen LogP contribution is -2.43. The lowest BCUT2D eigenvalue weighted by molar-refractivity contribution is -0.190. The Balaban J connectivity index is 3.36. The molecule has 0 aliphatic carbocycles. The summed E-state index contributed by atoms with van der Waals surface area (Å²) in [6, 6.07) is 0. The Morgan fingerprint density at radius 1 is 0.893 bits per heavy atom. The zero-order valence-corrected chi connectivity index (χ0v) is 16.1. The Hall–Kier alpha value is -3.24. The minimum Gasteiger partial charge on any atom is -0.462 e. The van der Waals surface area contributed by atoms with E-state index in [2.05, 4.69) is 9.97 Å². The summed E-state index contributed by atoms with van der Waals surface area (Å²) in [5.74, 6) is -3.32. The van der Waals surface area contributed by atoms with Crippen molar-refractivity contribution in [3.63, 3.8) is 0 Å². The average Bonchev–Trinajstić information content (AvgIpc) is 3.04. The van der Waals surface area contributed by atoms with Gasteiger partial charge in [-0.2, -0.15) is 0 Å². The van der Waals surface area contributed by atoms with Crippen LogP contribution in [-0.4, -0.2) is 58.4 Å². The number of ketones is 1. The monoisotopic (exact) mass is 398 g/mol. The molecule has 1 heterocycles. The van der Waals surface area contributed by atoms with Gasteiger partial charge in [0.2, 0.25) is 0 Å². The minimum absolute atomic E-state index is 0.0160. The number of nitrogens with zero attached hydrogens (tertiary/aromatic N) is 1.